The van der Waals surface area contributed by atoms with E-state index in [0.717, 1.165) is 16.6 Å². The third-order valence-electron chi connectivity index (χ3n) is 2.79. The third-order valence-corrected chi connectivity index (χ3v) is 2.79. The molecule has 0 aliphatic carbocycles. The lowest BCUT2D eigenvalue weighted by Gasteiger charge is -1.94. The van der Waals surface area contributed by atoms with Gasteiger partial charge in [-0.1, -0.05) is 48.6 Å². The quantitative estimate of drug-likeness (QED) is 0.669. The molecule has 88 valence electrons. The van der Waals surface area contributed by atoms with Crippen molar-refractivity contribution in [1.29, 1.82) is 0 Å². The van der Waals surface area contributed by atoms with E-state index in [9.17, 15) is 0 Å². The van der Waals surface area contributed by atoms with Crippen LogP contribution in [0.4, 0.5) is 5.95 Å². The summed E-state index contributed by atoms with van der Waals surface area (Å²) >= 11 is 0. The largest absolute Gasteiger partial charge is 0.369 e. The minimum absolute atomic E-state index is 0.453. The van der Waals surface area contributed by atoms with E-state index in [0.29, 0.717) is 5.95 Å². The van der Waals surface area contributed by atoms with Gasteiger partial charge in [-0.15, -0.1) is 0 Å². The van der Waals surface area contributed by atoms with Crippen LogP contribution in [0.25, 0.3) is 23.2 Å². The van der Waals surface area contributed by atoms with Crippen molar-refractivity contribution < 1.29 is 0 Å². The number of fused-ring (bicyclic) bond motifs is 1. The van der Waals surface area contributed by atoms with E-state index in [1.807, 2.05) is 36.4 Å². The molecule has 0 spiro atoms. The van der Waals surface area contributed by atoms with Gasteiger partial charge in [0.1, 0.15) is 0 Å². The SMILES string of the molecule is Nc1nc2ccc(/C=C/c3ccccc3)cc2[nH]1. The van der Waals surface area contributed by atoms with Crippen LogP contribution < -0.4 is 5.73 Å². The summed E-state index contributed by atoms with van der Waals surface area (Å²) in [6, 6.07) is 16.2. The van der Waals surface area contributed by atoms with Crippen molar-refractivity contribution >= 4 is 29.1 Å². The van der Waals surface area contributed by atoms with Crippen molar-refractivity contribution in [3.63, 3.8) is 0 Å². The predicted molar refractivity (Wildman–Crippen MR) is 75.9 cm³/mol. The summed E-state index contributed by atoms with van der Waals surface area (Å²) in [7, 11) is 0. The van der Waals surface area contributed by atoms with Crippen LogP contribution >= 0.6 is 0 Å². The second-order valence-electron chi connectivity index (χ2n) is 4.14. The monoisotopic (exact) mass is 235 g/mol. The highest BCUT2D eigenvalue weighted by Gasteiger charge is 1.99. The van der Waals surface area contributed by atoms with Crippen LogP contribution in [0.3, 0.4) is 0 Å². The minimum Gasteiger partial charge on any atom is -0.369 e. The van der Waals surface area contributed by atoms with E-state index < -0.39 is 0 Å². The Bertz CT molecular complexity index is 696. The van der Waals surface area contributed by atoms with Gasteiger partial charge in [-0.25, -0.2) is 4.98 Å². The smallest absolute Gasteiger partial charge is 0.198 e. The number of benzene rings is 2. The summed E-state index contributed by atoms with van der Waals surface area (Å²) in [6.07, 6.45) is 4.16. The number of nitrogens with zero attached hydrogens (tertiary/aromatic N) is 1. The lowest BCUT2D eigenvalue weighted by atomic mass is 10.1. The number of nitrogens with two attached hydrogens (primary N) is 1. The van der Waals surface area contributed by atoms with E-state index in [1.165, 1.54) is 5.56 Å². The molecule has 0 fully saturated rings. The zero-order chi connectivity index (χ0) is 12.4. The standard InChI is InChI=1S/C15H13N3/c16-15-17-13-9-8-12(10-14(13)18-15)7-6-11-4-2-1-3-5-11/h1-10H,(H3,16,17,18)/b7-6+. The summed E-state index contributed by atoms with van der Waals surface area (Å²) in [5.74, 6) is 0.453. The van der Waals surface area contributed by atoms with Gasteiger partial charge in [-0.3, -0.25) is 0 Å². The number of anilines is 1. The Hall–Kier alpha value is -2.55. The molecule has 0 bridgehead atoms. The molecule has 3 nitrogen and oxygen atoms in total. The van der Waals surface area contributed by atoms with Gasteiger partial charge in [0.15, 0.2) is 5.95 Å². The highest BCUT2D eigenvalue weighted by atomic mass is 15.0. The third kappa shape index (κ3) is 2.11. The van der Waals surface area contributed by atoms with Crippen LogP contribution in [0, 0.1) is 0 Å². The molecule has 0 amide bonds. The van der Waals surface area contributed by atoms with Crippen LogP contribution in [0.2, 0.25) is 0 Å². The molecular weight excluding hydrogens is 222 g/mol. The zero-order valence-corrected chi connectivity index (χ0v) is 9.80. The number of rotatable bonds is 2. The maximum atomic E-state index is 5.62. The van der Waals surface area contributed by atoms with Gasteiger partial charge in [0.05, 0.1) is 11.0 Å². The Morgan fingerprint density at radius 2 is 1.72 bits per heavy atom. The molecule has 0 radical (unpaired) electrons. The first-order chi connectivity index (χ1) is 8.81. The lowest BCUT2D eigenvalue weighted by Crippen LogP contribution is -1.84. The van der Waals surface area contributed by atoms with Crippen molar-refractivity contribution in [3.05, 3.63) is 59.7 Å². The number of nitrogens with one attached hydrogen (secondary N) is 1. The number of aromatic nitrogens is 2. The molecule has 2 aromatic carbocycles. The molecular formula is C15H13N3. The maximum absolute atomic E-state index is 5.62. The molecule has 0 aliphatic heterocycles. The molecule has 3 heteroatoms. The Labute approximate surface area is 105 Å². The first-order valence-electron chi connectivity index (χ1n) is 5.80. The topological polar surface area (TPSA) is 54.7 Å². The van der Waals surface area contributed by atoms with Crippen molar-refractivity contribution in [3.8, 4) is 0 Å². The zero-order valence-electron chi connectivity index (χ0n) is 9.80. The van der Waals surface area contributed by atoms with E-state index in [4.69, 9.17) is 5.73 Å². The van der Waals surface area contributed by atoms with E-state index in [2.05, 4.69) is 34.3 Å². The lowest BCUT2D eigenvalue weighted by molar-refractivity contribution is 1.35. The number of imidazole rings is 1. The predicted octanol–water partition coefficient (Wildman–Crippen LogP) is 3.32. The summed E-state index contributed by atoms with van der Waals surface area (Å²) in [5.41, 5.74) is 9.78. The van der Waals surface area contributed by atoms with Gasteiger partial charge in [0.2, 0.25) is 0 Å². The second-order valence-corrected chi connectivity index (χ2v) is 4.14. The van der Waals surface area contributed by atoms with Gasteiger partial charge >= 0.3 is 0 Å². The van der Waals surface area contributed by atoms with Crippen LogP contribution in [0.1, 0.15) is 11.1 Å². The molecule has 18 heavy (non-hydrogen) atoms. The van der Waals surface area contributed by atoms with Crippen molar-refractivity contribution in [2.75, 3.05) is 5.73 Å². The van der Waals surface area contributed by atoms with Gasteiger partial charge in [-0.05, 0) is 23.3 Å². The normalized spacial score (nSPS) is 11.3. The average molecular weight is 235 g/mol. The van der Waals surface area contributed by atoms with Crippen LogP contribution in [0.5, 0.6) is 0 Å². The summed E-state index contributed by atoms with van der Waals surface area (Å²) < 4.78 is 0. The van der Waals surface area contributed by atoms with Gasteiger partial charge < -0.3 is 10.7 Å². The van der Waals surface area contributed by atoms with Gasteiger partial charge in [0, 0.05) is 0 Å². The highest BCUT2D eigenvalue weighted by molar-refractivity contribution is 5.81. The molecule has 0 saturated heterocycles. The summed E-state index contributed by atoms with van der Waals surface area (Å²) in [4.78, 5) is 7.20. The first kappa shape index (κ1) is 10.6. The van der Waals surface area contributed by atoms with Crippen LogP contribution in [-0.2, 0) is 0 Å². The maximum Gasteiger partial charge on any atom is 0.198 e. The van der Waals surface area contributed by atoms with Crippen molar-refractivity contribution in [1.82, 2.24) is 9.97 Å². The van der Waals surface area contributed by atoms with Crippen LogP contribution in [0.15, 0.2) is 48.5 Å². The van der Waals surface area contributed by atoms with Crippen molar-refractivity contribution in [2.24, 2.45) is 0 Å². The molecule has 3 rings (SSSR count). The average Bonchev–Trinajstić information content (AvgIpc) is 2.77. The first-order valence-corrected chi connectivity index (χ1v) is 5.80. The second kappa shape index (κ2) is 4.37. The number of aromatic amines is 1. The molecule has 3 N–H and O–H groups in total. The fraction of sp³-hybridized carbons (Fsp3) is 0. The molecule has 1 aromatic heterocycles. The van der Waals surface area contributed by atoms with Gasteiger partial charge in [-0.2, -0.15) is 0 Å². The Morgan fingerprint density at radius 1 is 0.944 bits per heavy atom. The number of hydrogen-bond donors (Lipinski definition) is 2. The fourth-order valence-corrected chi connectivity index (χ4v) is 1.91. The molecule has 0 aliphatic rings. The van der Waals surface area contributed by atoms with Gasteiger partial charge in [0.25, 0.3) is 0 Å². The molecule has 0 saturated carbocycles. The number of H-pyrrole nitrogens is 1. The number of hydrogen-bond acceptors (Lipinski definition) is 2. The molecule has 1 heterocycles. The van der Waals surface area contributed by atoms with E-state index in [-0.39, 0.29) is 0 Å². The number of nitrogen functional groups attached to an aromatic ring is 1. The summed E-state index contributed by atoms with van der Waals surface area (Å²) in [6.45, 7) is 0. The minimum atomic E-state index is 0.453. The Kier molecular flexibility index (Phi) is 2.57. The Morgan fingerprint density at radius 3 is 2.56 bits per heavy atom. The molecule has 3 aromatic rings. The molecule has 0 unspecified atom stereocenters. The fourth-order valence-electron chi connectivity index (χ4n) is 1.91. The Balaban J connectivity index is 1.93. The van der Waals surface area contributed by atoms with Crippen LogP contribution in [-0.4, -0.2) is 9.97 Å². The summed E-state index contributed by atoms with van der Waals surface area (Å²) in [5, 5.41) is 0. The van der Waals surface area contributed by atoms with E-state index >= 15 is 0 Å². The van der Waals surface area contributed by atoms with E-state index in [1.54, 1.807) is 0 Å². The van der Waals surface area contributed by atoms with Crippen molar-refractivity contribution in [2.45, 2.75) is 0 Å². The highest BCUT2D eigenvalue weighted by Crippen LogP contribution is 2.16. The molecule has 0 atom stereocenters.